The predicted molar refractivity (Wildman–Crippen MR) is 75.5 cm³/mol. The van der Waals surface area contributed by atoms with Crippen LogP contribution in [-0.4, -0.2) is 6.54 Å². The molecular formula is C15H14BrN. The summed E-state index contributed by atoms with van der Waals surface area (Å²) in [7, 11) is 0. The second kappa shape index (κ2) is 4.53. The first kappa shape index (κ1) is 10.8. The van der Waals surface area contributed by atoms with Gasteiger partial charge >= 0.3 is 0 Å². The van der Waals surface area contributed by atoms with Gasteiger partial charge in [0.15, 0.2) is 0 Å². The highest BCUT2D eigenvalue weighted by Crippen LogP contribution is 2.35. The van der Waals surface area contributed by atoms with Gasteiger partial charge < -0.3 is 5.32 Å². The lowest BCUT2D eigenvalue weighted by Crippen LogP contribution is -2.24. The molecule has 0 spiro atoms. The van der Waals surface area contributed by atoms with E-state index >= 15 is 0 Å². The quantitative estimate of drug-likeness (QED) is 0.892. The Hall–Kier alpha value is -1.28. The predicted octanol–water partition coefficient (Wildman–Crippen LogP) is 4.20. The Bertz CT molecular complexity index is 536. The number of fused-ring (bicyclic) bond motifs is 1. The summed E-state index contributed by atoms with van der Waals surface area (Å²) in [5.41, 5.74) is 4.19. The highest BCUT2D eigenvalue weighted by molar-refractivity contribution is 9.10. The SMILES string of the molecule is Brc1ccccc1NCC1Cc2ccccc21. The Morgan fingerprint density at radius 3 is 2.65 bits per heavy atom. The Morgan fingerprint density at radius 1 is 1.06 bits per heavy atom. The highest BCUT2D eigenvalue weighted by Gasteiger charge is 2.24. The van der Waals surface area contributed by atoms with Crippen molar-refractivity contribution in [3.63, 3.8) is 0 Å². The first-order chi connectivity index (χ1) is 8.34. The van der Waals surface area contributed by atoms with Gasteiger partial charge in [0.2, 0.25) is 0 Å². The van der Waals surface area contributed by atoms with Crippen molar-refractivity contribution >= 4 is 21.6 Å². The molecule has 3 rings (SSSR count). The molecule has 1 aliphatic rings. The molecule has 2 heteroatoms. The highest BCUT2D eigenvalue weighted by atomic mass is 79.9. The van der Waals surface area contributed by atoms with Gasteiger partial charge in [0.25, 0.3) is 0 Å². The van der Waals surface area contributed by atoms with Crippen LogP contribution >= 0.6 is 15.9 Å². The van der Waals surface area contributed by atoms with Gasteiger partial charge in [-0.1, -0.05) is 36.4 Å². The second-order valence-electron chi connectivity index (χ2n) is 4.46. The summed E-state index contributed by atoms with van der Waals surface area (Å²) in [6, 6.07) is 17.0. The molecule has 0 aromatic heterocycles. The Morgan fingerprint density at radius 2 is 1.82 bits per heavy atom. The van der Waals surface area contributed by atoms with Gasteiger partial charge in [0, 0.05) is 22.6 Å². The topological polar surface area (TPSA) is 12.0 Å². The van der Waals surface area contributed by atoms with Crippen LogP contribution in [0.1, 0.15) is 17.0 Å². The van der Waals surface area contributed by atoms with E-state index in [1.165, 1.54) is 23.2 Å². The third-order valence-corrected chi connectivity index (χ3v) is 4.07. The zero-order valence-electron chi connectivity index (χ0n) is 9.49. The Labute approximate surface area is 110 Å². The molecule has 1 aliphatic carbocycles. The molecule has 17 heavy (non-hydrogen) atoms. The van der Waals surface area contributed by atoms with Gasteiger partial charge in [-0.2, -0.15) is 0 Å². The van der Waals surface area contributed by atoms with Gasteiger partial charge in [0.1, 0.15) is 0 Å². The number of anilines is 1. The lowest BCUT2D eigenvalue weighted by Gasteiger charge is -2.30. The molecule has 0 saturated heterocycles. The molecule has 1 atom stereocenters. The van der Waals surface area contributed by atoms with Crippen LogP contribution in [0.25, 0.3) is 0 Å². The van der Waals surface area contributed by atoms with Crippen molar-refractivity contribution in [1.82, 2.24) is 0 Å². The third kappa shape index (κ3) is 2.09. The van der Waals surface area contributed by atoms with Gasteiger partial charge in [-0.25, -0.2) is 0 Å². The minimum atomic E-state index is 0.665. The summed E-state index contributed by atoms with van der Waals surface area (Å²) in [6.07, 6.45) is 1.20. The average molecular weight is 288 g/mol. The second-order valence-corrected chi connectivity index (χ2v) is 5.31. The van der Waals surface area contributed by atoms with Crippen molar-refractivity contribution < 1.29 is 0 Å². The number of benzene rings is 2. The minimum absolute atomic E-state index is 0.665. The molecule has 0 radical (unpaired) electrons. The van der Waals surface area contributed by atoms with Crippen LogP contribution in [0.2, 0.25) is 0 Å². The summed E-state index contributed by atoms with van der Waals surface area (Å²) in [6.45, 7) is 1.01. The van der Waals surface area contributed by atoms with Crippen molar-refractivity contribution in [1.29, 1.82) is 0 Å². The molecule has 1 N–H and O–H groups in total. The van der Waals surface area contributed by atoms with Crippen molar-refractivity contribution in [3.8, 4) is 0 Å². The van der Waals surface area contributed by atoms with Crippen LogP contribution in [0.4, 0.5) is 5.69 Å². The van der Waals surface area contributed by atoms with Crippen LogP contribution in [-0.2, 0) is 6.42 Å². The summed E-state index contributed by atoms with van der Waals surface area (Å²) >= 11 is 3.56. The molecule has 0 bridgehead atoms. The molecule has 86 valence electrons. The minimum Gasteiger partial charge on any atom is -0.384 e. The Kier molecular flexibility index (Phi) is 2.89. The van der Waals surface area contributed by atoms with Gasteiger partial charge in [-0.15, -0.1) is 0 Å². The van der Waals surface area contributed by atoms with Gasteiger partial charge in [-0.3, -0.25) is 0 Å². The maximum absolute atomic E-state index is 3.56. The fourth-order valence-corrected chi connectivity index (χ4v) is 2.81. The van der Waals surface area contributed by atoms with E-state index < -0.39 is 0 Å². The molecule has 1 unspecified atom stereocenters. The fraction of sp³-hybridized carbons (Fsp3) is 0.200. The van der Waals surface area contributed by atoms with E-state index in [1.807, 2.05) is 6.07 Å². The number of hydrogen-bond donors (Lipinski definition) is 1. The van der Waals surface area contributed by atoms with E-state index in [1.54, 1.807) is 0 Å². The normalized spacial score (nSPS) is 17.1. The van der Waals surface area contributed by atoms with Crippen molar-refractivity contribution in [2.45, 2.75) is 12.3 Å². The monoisotopic (exact) mass is 287 g/mol. The van der Waals surface area contributed by atoms with Crippen LogP contribution in [0, 0.1) is 0 Å². The molecule has 0 heterocycles. The summed E-state index contributed by atoms with van der Waals surface area (Å²) < 4.78 is 1.13. The zero-order chi connectivity index (χ0) is 11.7. The molecule has 0 amide bonds. The standard InChI is InChI=1S/C15H14BrN/c16-14-7-3-4-8-15(14)17-10-12-9-11-5-1-2-6-13(11)12/h1-8,12,17H,9-10H2. The number of nitrogens with one attached hydrogen (secondary N) is 1. The van der Waals surface area contributed by atoms with Crippen LogP contribution < -0.4 is 5.32 Å². The molecular weight excluding hydrogens is 274 g/mol. The number of hydrogen-bond acceptors (Lipinski definition) is 1. The zero-order valence-corrected chi connectivity index (χ0v) is 11.1. The molecule has 2 aromatic rings. The van der Waals surface area contributed by atoms with Crippen LogP contribution in [0.5, 0.6) is 0 Å². The van der Waals surface area contributed by atoms with Crippen molar-refractivity contribution in [2.75, 3.05) is 11.9 Å². The van der Waals surface area contributed by atoms with E-state index in [2.05, 4.69) is 63.7 Å². The van der Waals surface area contributed by atoms with Crippen molar-refractivity contribution in [2.24, 2.45) is 0 Å². The van der Waals surface area contributed by atoms with Gasteiger partial charge in [-0.05, 0) is 45.6 Å². The van der Waals surface area contributed by atoms with E-state index in [-0.39, 0.29) is 0 Å². The average Bonchev–Trinajstić information content (AvgIpc) is 2.32. The van der Waals surface area contributed by atoms with E-state index in [0.29, 0.717) is 5.92 Å². The first-order valence-electron chi connectivity index (χ1n) is 5.91. The van der Waals surface area contributed by atoms with Crippen LogP contribution in [0.3, 0.4) is 0 Å². The van der Waals surface area contributed by atoms with Crippen molar-refractivity contribution in [3.05, 3.63) is 64.1 Å². The first-order valence-corrected chi connectivity index (χ1v) is 6.70. The smallest absolute Gasteiger partial charge is 0.0484 e. The Balaban J connectivity index is 1.66. The summed E-state index contributed by atoms with van der Waals surface area (Å²) in [4.78, 5) is 0. The molecule has 0 aliphatic heterocycles. The molecule has 2 aromatic carbocycles. The maximum atomic E-state index is 3.56. The molecule has 1 nitrogen and oxygen atoms in total. The summed E-state index contributed by atoms with van der Waals surface area (Å²) in [5.74, 6) is 0.665. The largest absolute Gasteiger partial charge is 0.384 e. The van der Waals surface area contributed by atoms with Crippen LogP contribution in [0.15, 0.2) is 53.0 Å². The molecule has 0 fully saturated rings. The summed E-state index contributed by atoms with van der Waals surface area (Å²) in [5, 5.41) is 3.51. The lowest BCUT2D eigenvalue weighted by atomic mass is 9.77. The lowest BCUT2D eigenvalue weighted by molar-refractivity contribution is 0.635. The van der Waals surface area contributed by atoms with E-state index in [0.717, 1.165) is 11.0 Å². The third-order valence-electron chi connectivity index (χ3n) is 3.37. The fourth-order valence-electron chi connectivity index (χ4n) is 2.38. The number of rotatable bonds is 3. The van der Waals surface area contributed by atoms with Gasteiger partial charge in [0.05, 0.1) is 0 Å². The van der Waals surface area contributed by atoms with E-state index in [4.69, 9.17) is 0 Å². The van der Waals surface area contributed by atoms with E-state index in [9.17, 15) is 0 Å². The molecule has 0 saturated carbocycles. The maximum Gasteiger partial charge on any atom is 0.0484 e. The number of para-hydroxylation sites is 1. The number of halogens is 1.